The van der Waals surface area contributed by atoms with Crippen LogP contribution in [0.2, 0.25) is 0 Å². The number of nitrogens with one attached hydrogen (secondary N) is 1. The minimum atomic E-state index is -4.58. The van der Waals surface area contributed by atoms with Gasteiger partial charge in [0.05, 0.1) is 39.5 Å². The molecule has 0 spiro atoms. The normalized spacial score (nSPS) is 19.1. The highest BCUT2D eigenvalue weighted by Gasteiger charge is 2.35. The lowest BCUT2D eigenvalue weighted by Crippen LogP contribution is -2.52. The van der Waals surface area contributed by atoms with E-state index in [2.05, 4.69) is 20.4 Å². The SMILES string of the molecule is CC1(C)CNC[C@@H](COc2nc(-c3cnn(C(C)(C)C)c3)cc3nccc(C(F)(F)F)c23)O1. The van der Waals surface area contributed by atoms with Crippen LogP contribution in [-0.4, -0.2) is 51.1 Å². The Morgan fingerprint density at radius 1 is 1.27 bits per heavy atom. The lowest BCUT2D eigenvalue weighted by Gasteiger charge is -2.36. The zero-order chi connectivity index (χ0) is 24.0. The van der Waals surface area contributed by atoms with Crippen molar-refractivity contribution in [1.82, 2.24) is 25.1 Å². The van der Waals surface area contributed by atoms with Gasteiger partial charge in [0, 0.05) is 31.0 Å². The van der Waals surface area contributed by atoms with Gasteiger partial charge in [0.25, 0.3) is 0 Å². The maximum absolute atomic E-state index is 13.8. The number of ether oxygens (including phenoxy) is 2. The summed E-state index contributed by atoms with van der Waals surface area (Å²) < 4.78 is 55.0. The standard InChI is InChI=1S/C23H28F3N5O2/c1-21(2,3)31-11-14(9-29-31)17-8-18-19(16(6-7-28-18)23(24,25)26)20(30-17)32-12-15-10-27-13-22(4,5)33-15/h6-9,11,15,27H,10,12-13H2,1-5H3/t15-/m0/s1. The van der Waals surface area contributed by atoms with E-state index in [1.807, 2.05) is 40.8 Å². The minimum absolute atomic E-state index is 0.0510. The number of aromatic nitrogens is 4. The Balaban J connectivity index is 1.77. The molecule has 3 aromatic heterocycles. The van der Waals surface area contributed by atoms with Crippen LogP contribution >= 0.6 is 0 Å². The summed E-state index contributed by atoms with van der Waals surface area (Å²) in [5, 5.41) is 7.47. The second kappa shape index (κ2) is 8.25. The molecular weight excluding hydrogens is 435 g/mol. The molecule has 1 N–H and O–H groups in total. The highest BCUT2D eigenvalue weighted by molar-refractivity contribution is 5.90. The molecule has 1 atom stereocenters. The van der Waals surface area contributed by atoms with Crippen molar-refractivity contribution in [2.75, 3.05) is 19.7 Å². The third-order valence-electron chi connectivity index (χ3n) is 5.38. The molecule has 1 fully saturated rings. The molecule has 0 aliphatic carbocycles. The van der Waals surface area contributed by atoms with Crippen LogP contribution in [0.3, 0.4) is 0 Å². The second-order valence-corrected chi connectivity index (χ2v) is 9.85. The van der Waals surface area contributed by atoms with Crippen LogP contribution in [0.25, 0.3) is 22.2 Å². The lowest BCUT2D eigenvalue weighted by atomic mass is 10.1. The molecule has 10 heteroatoms. The zero-order valence-corrected chi connectivity index (χ0v) is 19.3. The van der Waals surface area contributed by atoms with Crippen molar-refractivity contribution in [3.63, 3.8) is 0 Å². The number of fused-ring (bicyclic) bond motifs is 1. The monoisotopic (exact) mass is 463 g/mol. The van der Waals surface area contributed by atoms with Crippen molar-refractivity contribution in [3.8, 4) is 17.1 Å². The van der Waals surface area contributed by atoms with Gasteiger partial charge in [-0.1, -0.05) is 0 Å². The fourth-order valence-electron chi connectivity index (χ4n) is 3.78. The molecule has 0 unspecified atom stereocenters. The van der Waals surface area contributed by atoms with E-state index in [9.17, 15) is 13.2 Å². The van der Waals surface area contributed by atoms with Crippen LogP contribution < -0.4 is 10.1 Å². The minimum Gasteiger partial charge on any atom is -0.474 e. The Kier molecular flexibility index (Phi) is 5.86. The summed E-state index contributed by atoms with van der Waals surface area (Å²) in [7, 11) is 0. The number of pyridine rings is 2. The quantitative estimate of drug-likeness (QED) is 0.618. The van der Waals surface area contributed by atoms with E-state index < -0.39 is 17.3 Å². The van der Waals surface area contributed by atoms with Crippen molar-refractivity contribution in [2.24, 2.45) is 0 Å². The highest BCUT2D eigenvalue weighted by Crippen LogP contribution is 2.39. The number of alkyl halides is 3. The number of nitrogens with zero attached hydrogens (tertiary/aromatic N) is 4. The van der Waals surface area contributed by atoms with Crippen LogP contribution in [0.4, 0.5) is 13.2 Å². The van der Waals surface area contributed by atoms with Gasteiger partial charge in [-0.3, -0.25) is 9.67 Å². The number of hydrogen-bond acceptors (Lipinski definition) is 6. The summed E-state index contributed by atoms with van der Waals surface area (Å²) in [6.45, 7) is 11.2. The van der Waals surface area contributed by atoms with Crippen molar-refractivity contribution >= 4 is 10.9 Å². The first-order valence-corrected chi connectivity index (χ1v) is 10.8. The van der Waals surface area contributed by atoms with Gasteiger partial charge in [-0.05, 0) is 46.8 Å². The third kappa shape index (κ3) is 5.11. The van der Waals surface area contributed by atoms with Crippen LogP contribution in [-0.2, 0) is 16.5 Å². The molecule has 0 amide bonds. The molecule has 1 saturated heterocycles. The summed E-state index contributed by atoms with van der Waals surface area (Å²) in [6.07, 6.45) is -0.322. The maximum atomic E-state index is 13.8. The van der Waals surface area contributed by atoms with Crippen LogP contribution in [0.5, 0.6) is 5.88 Å². The summed E-state index contributed by atoms with van der Waals surface area (Å²) in [4.78, 5) is 8.65. The van der Waals surface area contributed by atoms with Crippen molar-refractivity contribution < 1.29 is 22.6 Å². The number of hydrogen-bond donors (Lipinski definition) is 1. The van der Waals surface area contributed by atoms with Gasteiger partial charge >= 0.3 is 6.18 Å². The number of morpholine rings is 1. The van der Waals surface area contributed by atoms with E-state index in [0.717, 1.165) is 12.3 Å². The molecule has 4 rings (SSSR count). The van der Waals surface area contributed by atoms with Gasteiger partial charge in [0.1, 0.15) is 12.7 Å². The molecule has 1 aliphatic heterocycles. The largest absolute Gasteiger partial charge is 0.474 e. The Morgan fingerprint density at radius 3 is 2.67 bits per heavy atom. The zero-order valence-electron chi connectivity index (χ0n) is 19.3. The first kappa shape index (κ1) is 23.4. The summed E-state index contributed by atoms with van der Waals surface area (Å²) in [5.41, 5.74) is -0.250. The number of rotatable bonds is 4. The highest BCUT2D eigenvalue weighted by atomic mass is 19.4. The van der Waals surface area contributed by atoms with E-state index in [4.69, 9.17) is 9.47 Å². The van der Waals surface area contributed by atoms with Gasteiger partial charge < -0.3 is 14.8 Å². The molecule has 0 bridgehead atoms. The van der Waals surface area contributed by atoms with E-state index in [-0.39, 0.29) is 35.0 Å². The third-order valence-corrected chi connectivity index (χ3v) is 5.38. The maximum Gasteiger partial charge on any atom is 0.417 e. The topological polar surface area (TPSA) is 74.1 Å². The lowest BCUT2D eigenvalue weighted by molar-refractivity contribution is -0.136. The Bertz CT molecular complexity index is 1150. The molecule has 1 aliphatic rings. The van der Waals surface area contributed by atoms with Crippen molar-refractivity contribution in [2.45, 2.75) is 58.0 Å². The Hall–Kier alpha value is -2.72. The van der Waals surface area contributed by atoms with Crippen LogP contribution in [0.1, 0.15) is 40.2 Å². The van der Waals surface area contributed by atoms with Gasteiger partial charge in [0.15, 0.2) is 0 Å². The molecule has 3 aromatic rings. The van der Waals surface area contributed by atoms with Crippen molar-refractivity contribution in [3.05, 3.63) is 36.3 Å². The van der Waals surface area contributed by atoms with Crippen LogP contribution in [0.15, 0.2) is 30.7 Å². The molecule has 7 nitrogen and oxygen atoms in total. The fourth-order valence-corrected chi connectivity index (χ4v) is 3.78. The van der Waals surface area contributed by atoms with E-state index in [1.165, 1.54) is 6.07 Å². The van der Waals surface area contributed by atoms with Gasteiger partial charge in [-0.15, -0.1) is 0 Å². The van der Waals surface area contributed by atoms with E-state index in [0.29, 0.717) is 24.3 Å². The predicted octanol–water partition coefficient (Wildman–Crippen LogP) is 4.41. The average molecular weight is 464 g/mol. The Labute approximate surface area is 190 Å². The van der Waals surface area contributed by atoms with Crippen molar-refractivity contribution in [1.29, 1.82) is 0 Å². The predicted molar refractivity (Wildman–Crippen MR) is 118 cm³/mol. The molecular formula is C23H28F3N5O2. The van der Waals surface area contributed by atoms with E-state index in [1.54, 1.807) is 10.9 Å². The Morgan fingerprint density at radius 2 is 2.03 bits per heavy atom. The fraction of sp³-hybridized carbons (Fsp3) is 0.522. The molecule has 0 radical (unpaired) electrons. The van der Waals surface area contributed by atoms with Gasteiger partial charge in [-0.2, -0.15) is 18.3 Å². The summed E-state index contributed by atoms with van der Waals surface area (Å²) in [5.74, 6) is -0.126. The van der Waals surface area contributed by atoms with E-state index >= 15 is 0 Å². The molecule has 0 aromatic carbocycles. The van der Waals surface area contributed by atoms with Crippen LogP contribution in [0, 0.1) is 0 Å². The molecule has 178 valence electrons. The molecule has 0 saturated carbocycles. The first-order valence-electron chi connectivity index (χ1n) is 10.8. The van der Waals surface area contributed by atoms with Gasteiger partial charge in [-0.25, -0.2) is 4.98 Å². The molecule has 4 heterocycles. The smallest absolute Gasteiger partial charge is 0.417 e. The van der Waals surface area contributed by atoms with Gasteiger partial charge in [0.2, 0.25) is 5.88 Å². The first-order chi connectivity index (χ1) is 15.3. The average Bonchev–Trinajstić information content (AvgIpc) is 3.21. The second-order valence-electron chi connectivity index (χ2n) is 9.85. The summed E-state index contributed by atoms with van der Waals surface area (Å²) >= 11 is 0. The molecule has 33 heavy (non-hydrogen) atoms. The number of halogens is 3. The summed E-state index contributed by atoms with van der Waals surface area (Å²) in [6, 6.07) is 2.47.